The Labute approximate surface area is 142 Å². The van der Waals surface area contributed by atoms with Gasteiger partial charge in [0.15, 0.2) is 0 Å². The molecule has 0 atom stereocenters. The fraction of sp³-hybridized carbons (Fsp3) is 0.111. The number of anilines is 1. The molecule has 0 fully saturated rings. The average Bonchev–Trinajstić information content (AvgIpc) is 2.55. The minimum atomic E-state index is -2.95. The Balaban J connectivity index is 2.00. The molecule has 0 aliphatic heterocycles. The number of rotatable bonds is 6. The normalized spacial score (nSPS) is 10.7. The molecule has 0 heterocycles. The predicted molar refractivity (Wildman–Crippen MR) is 88.5 cm³/mol. The van der Waals surface area contributed by atoms with E-state index in [0.29, 0.717) is 11.3 Å². The second-order valence-electron chi connectivity index (χ2n) is 4.88. The first-order valence-corrected chi connectivity index (χ1v) is 7.25. The van der Waals surface area contributed by atoms with Gasteiger partial charge in [0.2, 0.25) is 5.91 Å². The smallest absolute Gasteiger partial charge is 0.387 e. The SMILES string of the molecule is CC(=O)Nc1ccc(OC(=O)/C=C/c2ccccc2OC(F)F)cc1. The largest absolute Gasteiger partial charge is 0.434 e. The third-order valence-corrected chi connectivity index (χ3v) is 2.93. The molecule has 7 heteroatoms. The van der Waals surface area contributed by atoms with Crippen LogP contribution in [0.1, 0.15) is 12.5 Å². The number of benzene rings is 2. The van der Waals surface area contributed by atoms with Crippen LogP contribution < -0.4 is 14.8 Å². The number of nitrogens with one attached hydrogen (secondary N) is 1. The molecule has 0 aliphatic rings. The van der Waals surface area contributed by atoms with Gasteiger partial charge in [0.25, 0.3) is 0 Å². The minimum absolute atomic E-state index is 0.0405. The summed E-state index contributed by atoms with van der Waals surface area (Å²) in [5, 5.41) is 2.59. The van der Waals surface area contributed by atoms with Gasteiger partial charge in [-0.05, 0) is 36.4 Å². The molecule has 0 bridgehead atoms. The van der Waals surface area contributed by atoms with Crippen molar-refractivity contribution in [3.8, 4) is 11.5 Å². The molecule has 0 aromatic heterocycles. The van der Waals surface area contributed by atoms with Gasteiger partial charge in [0, 0.05) is 24.3 Å². The van der Waals surface area contributed by atoms with E-state index < -0.39 is 12.6 Å². The van der Waals surface area contributed by atoms with Crippen LogP contribution in [0.3, 0.4) is 0 Å². The third kappa shape index (κ3) is 6.06. The molecular weight excluding hydrogens is 332 g/mol. The maximum Gasteiger partial charge on any atom is 0.387 e. The highest BCUT2D eigenvalue weighted by Crippen LogP contribution is 2.22. The molecular formula is C18H15F2NO4. The lowest BCUT2D eigenvalue weighted by Crippen LogP contribution is -2.06. The van der Waals surface area contributed by atoms with Crippen LogP contribution >= 0.6 is 0 Å². The van der Waals surface area contributed by atoms with E-state index in [0.717, 1.165) is 6.08 Å². The van der Waals surface area contributed by atoms with E-state index in [1.165, 1.54) is 37.3 Å². The number of carbonyl (C=O) groups excluding carboxylic acids is 2. The molecule has 2 aromatic carbocycles. The van der Waals surface area contributed by atoms with Gasteiger partial charge in [-0.1, -0.05) is 18.2 Å². The van der Waals surface area contributed by atoms with Crippen molar-refractivity contribution in [2.24, 2.45) is 0 Å². The summed E-state index contributed by atoms with van der Waals surface area (Å²) in [6.45, 7) is -1.57. The van der Waals surface area contributed by atoms with Crippen molar-refractivity contribution in [1.82, 2.24) is 0 Å². The van der Waals surface area contributed by atoms with Crippen molar-refractivity contribution < 1.29 is 27.8 Å². The van der Waals surface area contributed by atoms with E-state index in [1.807, 2.05) is 0 Å². The molecule has 5 nitrogen and oxygen atoms in total. The van der Waals surface area contributed by atoms with E-state index in [4.69, 9.17) is 4.74 Å². The molecule has 1 amide bonds. The number of para-hydroxylation sites is 1. The summed E-state index contributed by atoms with van der Waals surface area (Å²) in [5.74, 6) is -0.654. The van der Waals surface area contributed by atoms with E-state index in [-0.39, 0.29) is 17.4 Å². The molecule has 25 heavy (non-hydrogen) atoms. The first kappa shape index (κ1) is 18.1. The van der Waals surface area contributed by atoms with Gasteiger partial charge in [-0.15, -0.1) is 0 Å². The highest BCUT2D eigenvalue weighted by Gasteiger charge is 2.08. The number of alkyl halides is 2. The van der Waals surface area contributed by atoms with Crippen molar-refractivity contribution in [2.75, 3.05) is 5.32 Å². The lowest BCUT2D eigenvalue weighted by molar-refractivity contribution is -0.128. The van der Waals surface area contributed by atoms with Crippen LogP contribution in [0, 0.1) is 0 Å². The van der Waals surface area contributed by atoms with E-state index >= 15 is 0 Å². The van der Waals surface area contributed by atoms with Crippen LogP contribution in [-0.4, -0.2) is 18.5 Å². The fourth-order valence-corrected chi connectivity index (χ4v) is 1.94. The molecule has 1 N–H and O–H groups in total. The monoisotopic (exact) mass is 347 g/mol. The van der Waals surface area contributed by atoms with E-state index in [1.54, 1.807) is 24.3 Å². The summed E-state index contributed by atoms with van der Waals surface area (Å²) in [7, 11) is 0. The van der Waals surface area contributed by atoms with E-state index in [2.05, 4.69) is 10.1 Å². The highest BCUT2D eigenvalue weighted by atomic mass is 19.3. The molecule has 2 rings (SSSR count). The zero-order valence-electron chi connectivity index (χ0n) is 13.2. The van der Waals surface area contributed by atoms with Crippen LogP contribution in [-0.2, 0) is 9.59 Å². The standard InChI is InChI=1S/C18H15F2NO4/c1-12(22)21-14-7-9-15(10-8-14)24-17(23)11-6-13-4-2-3-5-16(13)25-18(19)20/h2-11,18H,1H3,(H,21,22)/b11-6+. The average molecular weight is 347 g/mol. The first-order valence-electron chi connectivity index (χ1n) is 7.25. The predicted octanol–water partition coefficient (Wildman–Crippen LogP) is 3.87. The molecule has 0 saturated carbocycles. The van der Waals surface area contributed by atoms with Crippen LogP contribution in [0.5, 0.6) is 11.5 Å². The molecule has 0 radical (unpaired) electrons. The molecule has 0 unspecified atom stereocenters. The van der Waals surface area contributed by atoms with Crippen molar-refractivity contribution in [3.05, 3.63) is 60.2 Å². The Morgan fingerprint density at radius 3 is 2.40 bits per heavy atom. The number of carbonyl (C=O) groups is 2. The Morgan fingerprint density at radius 1 is 1.08 bits per heavy atom. The molecule has 0 spiro atoms. The summed E-state index contributed by atoms with van der Waals surface area (Å²) in [4.78, 5) is 22.7. The third-order valence-electron chi connectivity index (χ3n) is 2.93. The van der Waals surface area contributed by atoms with Crippen molar-refractivity contribution in [2.45, 2.75) is 13.5 Å². The number of ether oxygens (including phenoxy) is 2. The van der Waals surface area contributed by atoms with Gasteiger partial charge < -0.3 is 14.8 Å². The second-order valence-corrected chi connectivity index (χ2v) is 4.88. The van der Waals surface area contributed by atoms with Gasteiger partial charge in [0.05, 0.1) is 0 Å². The Kier molecular flexibility index (Phi) is 6.22. The molecule has 130 valence electrons. The molecule has 0 saturated heterocycles. The van der Waals surface area contributed by atoms with Crippen LogP contribution in [0.4, 0.5) is 14.5 Å². The van der Waals surface area contributed by atoms with Gasteiger partial charge in [0.1, 0.15) is 11.5 Å². The number of halogens is 2. The summed E-state index contributed by atoms with van der Waals surface area (Å²) in [6.07, 6.45) is 2.43. The number of esters is 1. The zero-order valence-corrected chi connectivity index (χ0v) is 13.2. The molecule has 2 aromatic rings. The van der Waals surface area contributed by atoms with Crippen LogP contribution in [0.25, 0.3) is 6.08 Å². The Bertz CT molecular complexity index is 773. The fourth-order valence-electron chi connectivity index (χ4n) is 1.94. The maximum atomic E-state index is 12.3. The lowest BCUT2D eigenvalue weighted by atomic mass is 10.2. The van der Waals surface area contributed by atoms with Gasteiger partial charge in [-0.25, -0.2) is 4.79 Å². The summed E-state index contributed by atoms with van der Waals surface area (Å²) < 4.78 is 34.1. The van der Waals surface area contributed by atoms with Gasteiger partial charge >= 0.3 is 12.6 Å². The lowest BCUT2D eigenvalue weighted by Gasteiger charge is -2.07. The summed E-state index contributed by atoms with van der Waals surface area (Å²) >= 11 is 0. The van der Waals surface area contributed by atoms with Crippen molar-refractivity contribution in [1.29, 1.82) is 0 Å². The van der Waals surface area contributed by atoms with Gasteiger partial charge in [-0.2, -0.15) is 8.78 Å². The summed E-state index contributed by atoms with van der Waals surface area (Å²) in [6, 6.07) is 12.3. The quantitative estimate of drug-likeness (QED) is 0.489. The van der Waals surface area contributed by atoms with Crippen molar-refractivity contribution in [3.63, 3.8) is 0 Å². The second kappa shape index (κ2) is 8.58. The maximum absolute atomic E-state index is 12.3. The van der Waals surface area contributed by atoms with Crippen LogP contribution in [0.2, 0.25) is 0 Å². The minimum Gasteiger partial charge on any atom is -0.434 e. The molecule has 0 aliphatic carbocycles. The van der Waals surface area contributed by atoms with Crippen molar-refractivity contribution >= 4 is 23.6 Å². The topological polar surface area (TPSA) is 64.6 Å². The Morgan fingerprint density at radius 2 is 1.76 bits per heavy atom. The van der Waals surface area contributed by atoms with Crippen LogP contribution in [0.15, 0.2) is 54.6 Å². The van der Waals surface area contributed by atoms with E-state index in [9.17, 15) is 18.4 Å². The summed E-state index contributed by atoms with van der Waals surface area (Å²) in [5.41, 5.74) is 0.890. The number of hydrogen-bond donors (Lipinski definition) is 1. The first-order chi connectivity index (χ1) is 11.9. The van der Waals surface area contributed by atoms with Gasteiger partial charge in [-0.3, -0.25) is 4.79 Å². The Hall–Kier alpha value is -3.22. The number of hydrogen-bond acceptors (Lipinski definition) is 4. The zero-order chi connectivity index (χ0) is 18.2. The number of amides is 1. The highest BCUT2D eigenvalue weighted by molar-refractivity contribution is 5.90.